The van der Waals surface area contributed by atoms with Gasteiger partial charge < -0.3 is 10.1 Å². The van der Waals surface area contributed by atoms with Crippen LogP contribution >= 0.6 is 0 Å². The van der Waals surface area contributed by atoms with Gasteiger partial charge in [0.25, 0.3) is 5.69 Å². The number of benzene rings is 2. The van der Waals surface area contributed by atoms with Crippen LogP contribution in [0.15, 0.2) is 54.2 Å². The van der Waals surface area contributed by atoms with Crippen LogP contribution in [-0.4, -0.2) is 12.0 Å². The number of anilines is 1. The third-order valence-electron chi connectivity index (χ3n) is 2.92. The fraction of sp³-hybridized carbons (Fsp3) is 0.0625. The number of nitrogens with one attached hydrogen (secondary N) is 1. The SMILES string of the molecule is COc1ccc(/C=C(\C#N)Nc2ccccc2[N+](=O)[O-])cc1. The van der Waals surface area contributed by atoms with E-state index < -0.39 is 4.92 Å². The van der Waals surface area contributed by atoms with E-state index in [4.69, 9.17) is 4.74 Å². The molecule has 0 heterocycles. The van der Waals surface area contributed by atoms with E-state index in [1.54, 1.807) is 55.7 Å². The average molecular weight is 295 g/mol. The molecule has 2 rings (SSSR count). The van der Waals surface area contributed by atoms with Crippen LogP contribution in [0, 0.1) is 21.4 Å². The van der Waals surface area contributed by atoms with E-state index in [1.807, 2.05) is 6.07 Å². The number of nitro benzene ring substituents is 1. The molecule has 0 aliphatic carbocycles. The van der Waals surface area contributed by atoms with Gasteiger partial charge in [0, 0.05) is 6.07 Å². The van der Waals surface area contributed by atoms with Crippen molar-refractivity contribution in [1.82, 2.24) is 0 Å². The summed E-state index contributed by atoms with van der Waals surface area (Å²) < 4.78 is 5.06. The molecule has 22 heavy (non-hydrogen) atoms. The quantitative estimate of drug-likeness (QED) is 0.517. The van der Waals surface area contributed by atoms with Crippen LogP contribution in [0.4, 0.5) is 11.4 Å². The Hall–Kier alpha value is -3.33. The van der Waals surface area contributed by atoms with Crippen molar-refractivity contribution in [3.05, 3.63) is 69.9 Å². The summed E-state index contributed by atoms with van der Waals surface area (Å²) in [6, 6.07) is 15.3. The monoisotopic (exact) mass is 295 g/mol. The highest BCUT2D eigenvalue weighted by molar-refractivity contribution is 5.70. The van der Waals surface area contributed by atoms with Gasteiger partial charge in [-0.25, -0.2) is 0 Å². The molecule has 0 spiro atoms. The van der Waals surface area contributed by atoms with Crippen LogP contribution in [0.3, 0.4) is 0 Å². The van der Waals surface area contributed by atoms with Gasteiger partial charge in [-0.2, -0.15) is 5.26 Å². The number of methoxy groups -OCH3 is 1. The van der Waals surface area contributed by atoms with Crippen molar-refractivity contribution in [3.63, 3.8) is 0 Å². The maximum Gasteiger partial charge on any atom is 0.292 e. The normalized spacial score (nSPS) is 10.6. The number of hydrogen-bond acceptors (Lipinski definition) is 5. The number of nitriles is 1. The van der Waals surface area contributed by atoms with Gasteiger partial charge in [-0.3, -0.25) is 10.1 Å². The highest BCUT2D eigenvalue weighted by atomic mass is 16.6. The first-order chi connectivity index (χ1) is 10.6. The van der Waals surface area contributed by atoms with E-state index in [0.717, 1.165) is 5.56 Å². The van der Waals surface area contributed by atoms with Crippen LogP contribution in [0.25, 0.3) is 6.08 Å². The lowest BCUT2D eigenvalue weighted by Crippen LogP contribution is -2.01. The Balaban J connectivity index is 2.27. The van der Waals surface area contributed by atoms with Gasteiger partial charge in [0.1, 0.15) is 23.2 Å². The standard InChI is InChI=1S/C16H13N3O3/c1-22-14-8-6-12(7-9-14)10-13(11-17)18-15-4-2-3-5-16(15)19(20)21/h2-10,18H,1H3/b13-10+. The Labute approximate surface area is 127 Å². The van der Waals surface area contributed by atoms with E-state index in [-0.39, 0.29) is 17.1 Å². The average Bonchev–Trinajstić information content (AvgIpc) is 2.55. The van der Waals surface area contributed by atoms with Crippen LogP contribution in [0.2, 0.25) is 0 Å². The molecule has 0 saturated heterocycles. The van der Waals surface area contributed by atoms with E-state index in [9.17, 15) is 15.4 Å². The Bertz CT molecular complexity index is 746. The Morgan fingerprint density at radius 2 is 1.95 bits per heavy atom. The van der Waals surface area contributed by atoms with Crippen molar-refractivity contribution < 1.29 is 9.66 Å². The second-order valence-corrected chi connectivity index (χ2v) is 4.34. The maximum absolute atomic E-state index is 11.0. The van der Waals surface area contributed by atoms with Crippen molar-refractivity contribution in [2.75, 3.05) is 12.4 Å². The highest BCUT2D eigenvalue weighted by Gasteiger charge is 2.13. The van der Waals surface area contributed by atoms with Crippen LogP contribution in [-0.2, 0) is 0 Å². The molecule has 0 unspecified atom stereocenters. The first kappa shape index (κ1) is 15.1. The van der Waals surface area contributed by atoms with Crippen molar-refractivity contribution in [2.24, 2.45) is 0 Å². The lowest BCUT2D eigenvalue weighted by atomic mass is 10.2. The molecule has 0 aliphatic heterocycles. The Kier molecular flexibility index (Phi) is 4.73. The number of hydrogen-bond donors (Lipinski definition) is 1. The largest absolute Gasteiger partial charge is 0.497 e. The topological polar surface area (TPSA) is 88.2 Å². The van der Waals surface area contributed by atoms with Gasteiger partial charge in [-0.1, -0.05) is 24.3 Å². The molecule has 0 saturated carbocycles. The van der Waals surface area contributed by atoms with E-state index in [0.29, 0.717) is 5.75 Å². The molecule has 6 heteroatoms. The fourth-order valence-electron chi connectivity index (χ4n) is 1.85. The summed E-state index contributed by atoms with van der Waals surface area (Å²) in [5.41, 5.74) is 1.18. The summed E-state index contributed by atoms with van der Waals surface area (Å²) in [4.78, 5) is 10.5. The number of rotatable bonds is 5. The summed E-state index contributed by atoms with van der Waals surface area (Å²) in [5, 5.41) is 23.0. The zero-order valence-electron chi connectivity index (χ0n) is 11.8. The smallest absolute Gasteiger partial charge is 0.292 e. The summed E-state index contributed by atoms with van der Waals surface area (Å²) in [6.45, 7) is 0. The molecule has 2 aromatic rings. The second kappa shape index (κ2) is 6.90. The second-order valence-electron chi connectivity index (χ2n) is 4.34. The van der Waals surface area contributed by atoms with Gasteiger partial charge >= 0.3 is 0 Å². The van der Waals surface area contributed by atoms with E-state index in [2.05, 4.69) is 5.32 Å². The number of ether oxygens (including phenoxy) is 1. The Morgan fingerprint density at radius 1 is 1.27 bits per heavy atom. The molecule has 110 valence electrons. The zero-order chi connectivity index (χ0) is 15.9. The minimum Gasteiger partial charge on any atom is -0.497 e. The lowest BCUT2D eigenvalue weighted by Gasteiger charge is -2.06. The zero-order valence-corrected chi connectivity index (χ0v) is 11.8. The van der Waals surface area contributed by atoms with Crippen LogP contribution < -0.4 is 10.1 Å². The predicted molar refractivity (Wildman–Crippen MR) is 83.3 cm³/mol. The molecular formula is C16H13N3O3. The fourth-order valence-corrected chi connectivity index (χ4v) is 1.85. The van der Waals surface area contributed by atoms with E-state index >= 15 is 0 Å². The molecule has 0 radical (unpaired) electrons. The van der Waals surface area contributed by atoms with Gasteiger partial charge in [-0.05, 0) is 29.8 Å². The number of para-hydroxylation sites is 2. The van der Waals surface area contributed by atoms with Gasteiger partial charge in [0.05, 0.1) is 12.0 Å². The van der Waals surface area contributed by atoms with Gasteiger partial charge in [0.2, 0.25) is 0 Å². The molecule has 2 aromatic carbocycles. The Morgan fingerprint density at radius 3 is 2.55 bits per heavy atom. The molecule has 0 aromatic heterocycles. The summed E-state index contributed by atoms with van der Waals surface area (Å²) in [5.74, 6) is 0.710. The third kappa shape index (κ3) is 3.61. The minimum absolute atomic E-state index is 0.0848. The van der Waals surface area contributed by atoms with Crippen LogP contribution in [0.1, 0.15) is 5.56 Å². The van der Waals surface area contributed by atoms with Crippen molar-refractivity contribution in [3.8, 4) is 11.8 Å². The first-order valence-electron chi connectivity index (χ1n) is 6.40. The molecule has 0 bridgehead atoms. The first-order valence-corrected chi connectivity index (χ1v) is 6.40. The van der Waals surface area contributed by atoms with Crippen molar-refractivity contribution in [1.29, 1.82) is 5.26 Å². The lowest BCUT2D eigenvalue weighted by molar-refractivity contribution is -0.383. The van der Waals surface area contributed by atoms with Crippen molar-refractivity contribution >= 4 is 17.5 Å². The summed E-state index contributed by atoms with van der Waals surface area (Å²) >= 11 is 0. The summed E-state index contributed by atoms with van der Waals surface area (Å²) in [7, 11) is 1.57. The predicted octanol–water partition coefficient (Wildman–Crippen LogP) is 3.58. The summed E-state index contributed by atoms with van der Waals surface area (Å²) in [6.07, 6.45) is 1.61. The minimum atomic E-state index is -0.495. The maximum atomic E-state index is 11.0. The molecule has 6 nitrogen and oxygen atoms in total. The molecule has 0 amide bonds. The van der Waals surface area contributed by atoms with Crippen molar-refractivity contribution in [2.45, 2.75) is 0 Å². The van der Waals surface area contributed by atoms with Gasteiger partial charge in [0.15, 0.2) is 0 Å². The molecular weight excluding hydrogens is 282 g/mol. The van der Waals surface area contributed by atoms with Gasteiger partial charge in [-0.15, -0.1) is 0 Å². The molecule has 0 fully saturated rings. The number of nitro groups is 1. The molecule has 0 atom stereocenters. The van der Waals surface area contributed by atoms with Crippen LogP contribution in [0.5, 0.6) is 5.75 Å². The number of nitrogens with zero attached hydrogens (tertiary/aromatic N) is 2. The molecule has 0 aliphatic rings. The highest BCUT2D eigenvalue weighted by Crippen LogP contribution is 2.25. The third-order valence-corrected chi connectivity index (χ3v) is 2.92. The van der Waals surface area contributed by atoms with E-state index in [1.165, 1.54) is 6.07 Å². The molecule has 1 N–H and O–H groups in total. The number of allylic oxidation sites excluding steroid dienone is 1.